The Morgan fingerprint density at radius 2 is 2.04 bits per heavy atom. The van der Waals surface area contributed by atoms with E-state index in [1.165, 1.54) is 0 Å². The summed E-state index contributed by atoms with van der Waals surface area (Å²) in [6, 6.07) is 7.92. The number of carbonyl (C=O) groups is 1. The molecule has 7 nitrogen and oxygen atoms in total. The van der Waals surface area contributed by atoms with Gasteiger partial charge in [-0.25, -0.2) is 0 Å². The first-order valence-electron chi connectivity index (χ1n) is 8.49. The highest BCUT2D eigenvalue weighted by Gasteiger charge is 2.20. The van der Waals surface area contributed by atoms with E-state index in [4.69, 9.17) is 9.26 Å². The molecule has 0 radical (unpaired) electrons. The number of hydrogen-bond donors (Lipinski definition) is 0. The van der Waals surface area contributed by atoms with Crippen LogP contribution in [0.2, 0.25) is 0 Å². The van der Waals surface area contributed by atoms with Crippen molar-refractivity contribution < 1.29 is 14.1 Å². The van der Waals surface area contributed by atoms with E-state index in [9.17, 15) is 4.79 Å². The van der Waals surface area contributed by atoms with Crippen LogP contribution in [0.5, 0.6) is 0 Å². The Bertz CT molecular complexity index is 936. The second-order valence-electron chi connectivity index (χ2n) is 6.17. The first-order valence-corrected chi connectivity index (χ1v) is 8.49. The number of fused-ring (bicyclic) bond motifs is 1. The lowest BCUT2D eigenvalue weighted by Crippen LogP contribution is -2.31. The minimum absolute atomic E-state index is 0.104. The molecule has 2 heterocycles. The standard InChI is InChI=1S/C19H22N4O3/c1-5-23(10-18-21-17(11-25-4)22-26-18)19(24)15-9-14-8-12(2)6-7-16(14)20-13(15)3/h6-9H,5,10-11H2,1-4H3. The lowest BCUT2D eigenvalue weighted by atomic mass is 10.1. The van der Waals surface area contributed by atoms with Crippen molar-refractivity contribution in [3.8, 4) is 0 Å². The Labute approximate surface area is 152 Å². The van der Waals surface area contributed by atoms with Crippen LogP contribution in [-0.2, 0) is 17.9 Å². The molecule has 0 unspecified atom stereocenters. The average molecular weight is 354 g/mol. The molecule has 0 N–H and O–H groups in total. The highest BCUT2D eigenvalue weighted by Crippen LogP contribution is 2.20. The summed E-state index contributed by atoms with van der Waals surface area (Å²) in [5.41, 5.74) is 3.30. The predicted molar refractivity (Wildman–Crippen MR) is 96.6 cm³/mol. The maximum atomic E-state index is 13.0. The van der Waals surface area contributed by atoms with Gasteiger partial charge in [0.25, 0.3) is 5.91 Å². The van der Waals surface area contributed by atoms with Crippen LogP contribution in [-0.4, -0.2) is 39.6 Å². The second kappa shape index (κ2) is 7.61. The van der Waals surface area contributed by atoms with Gasteiger partial charge in [-0.3, -0.25) is 9.78 Å². The summed E-state index contributed by atoms with van der Waals surface area (Å²) in [6.45, 7) is 6.83. The van der Waals surface area contributed by atoms with Crippen molar-refractivity contribution in [3.05, 3.63) is 52.8 Å². The van der Waals surface area contributed by atoms with Crippen LogP contribution in [0.1, 0.15) is 40.3 Å². The molecule has 0 bridgehead atoms. The van der Waals surface area contributed by atoms with Crippen molar-refractivity contribution in [1.82, 2.24) is 20.0 Å². The number of aryl methyl sites for hydroxylation is 2. The van der Waals surface area contributed by atoms with Crippen molar-refractivity contribution in [3.63, 3.8) is 0 Å². The van der Waals surface area contributed by atoms with Crippen molar-refractivity contribution in [2.45, 2.75) is 33.9 Å². The van der Waals surface area contributed by atoms with Gasteiger partial charge >= 0.3 is 0 Å². The third-order valence-corrected chi connectivity index (χ3v) is 4.17. The lowest BCUT2D eigenvalue weighted by molar-refractivity contribution is 0.0733. The fourth-order valence-electron chi connectivity index (χ4n) is 2.81. The first kappa shape index (κ1) is 18.0. The summed E-state index contributed by atoms with van der Waals surface area (Å²) in [7, 11) is 1.56. The minimum atomic E-state index is -0.104. The number of nitrogens with zero attached hydrogens (tertiary/aromatic N) is 4. The van der Waals surface area contributed by atoms with Crippen LogP contribution >= 0.6 is 0 Å². The van der Waals surface area contributed by atoms with Gasteiger partial charge in [0.05, 0.1) is 16.8 Å². The van der Waals surface area contributed by atoms with Crippen LogP contribution in [0.15, 0.2) is 28.8 Å². The van der Waals surface area contributed by atoms with Gasteiger partial charge in [-0.2, -0.15) is 4.98 Å². The van der Waals surface area contributed by atoms with E-state index in [1.54, 1.807) is 12.0 Å². The molecule has 26 heavy (non-hydrogen) atoms. The molecule has 0 atom stereocenters. The Balaban J connectivity index is 1.87. The molecular weight excluding hydrogens is 332 g/mol. The first-order chi connectivity index (χ1) is 12.5. The lowest BCUT2D eigenvalue weighted by Gasteiger charge is -2.20. The second-order valence-corrected chi connectivity index (χ2v) is 6.17. The molecule has 0 aliphatic carbocycles. The van der Waals surface area contributed by atoms with Crippen molar-refractivity contribution in [1.29, 1.82) is 0 Å². The molecule has 3 rings (SSSR count). The summed E-state index contributed by atoms with van der Waals surface area (Å²) in [6.07, 6.45) is 0. The number of ether oxygens (including phenoxy) is 1. The van der Waals surface area contributed by atoms with Gasteiger partial charge in [0.1, 0.15) is 13.2 Å². The number of pyridine rings is 1. The van der Waals surface area contributed by atoms with Gasteiger partial charge in [-0.1, -0.05) is 16.8 Å². The minimum Gasteiger partial charge on any atom is -0.377 e. The number of hydrogen-bond acceptors (Lipinski definition) is 6. The summed E-state index contributed by atoms with van der Waals surface area (Å²) >= 11 is 0. The van der Waals surface area contributed by atoms with Crippen molar-refractivity contribution in [2.24, 2.45) is 0 Å². The SMILES string of the molecule is CCN(Cc1nc(COC)no1)C(=O)c1cc2cc(C)ccc2nc1C. The maximum absolute atomic E-state index is 13.0. The topological polar surface area (TPSA) is 81.4 Å². The van der Waals surface area contributed by atoms with Gasteiger partial charge < -0.3 is 14.2 Å². The molecule has 1 amide bonds. The van der Waals surface area contributed by atoms with Gasteiger partial charge in [0, 0.05) is 19.0 Å². The summed E-state index contributed by atoms with van der Waals surface area (Å²) in [4.78, 5) is 23.5. The molecule has 2 aromatic heterocycles. The molecule has 0 fully saturated rings. The van der Waals surface area contributed by atoms with Gasteiger partial charge in [0.15, 0.2) is 5.82 Å². The quantitative estimate of drug-likeness (QED) is 0.677. The van der Waals surface area contributed by atoms with Crippen LogP contribution in [0.3, 0.4) is 0 Å². The number of methoxy groups -OCH3 is 1. The van der Waals surface area contributed by atoms with Crippen LogP contribution in [0.25, 0.3) is 10.9 Å². The zero-order chi connectivity index (χ0) is 18.7. The van der Waals surface area contributed by atoms with E-state index in [-0.39, 0.29) is 19.1 Å². The van der Waals surface area contributed by atoms with E-state index in [0.717, 1.165) is 16.5 Å². The Morgan fingerprint density at radius 1 is 1.23 bits per heavy atom. The summed E-state index contributed by atoms with van der Waals surface area (Å²) in [5, 5.41) is 4.79. The Hall–Kier alpha value is -2.80. The van der Waals surface area contributed by atoms with E-state index < -0.39 is 0 Å². The van der Waals surface area contributed by atoms with E-state index >= 15 is 0 Å². The number of amides is 1. The predicted octanol–water partition coefficient (Wildman–Crippen LogP) is 3.04. The van der Waals surface area contributed by atoms with Crippen LogP contribution in [0.4, 0.5) is 0 Å². The molecule has 7 heteroatoms. The largest absolute Gasteiger partial charge is 0.377 e. The summed E-state index contributed by atoms with van der Waals surface area (Å²) < 4.78 is 10.2. The highest BCUT2D eigenvalue weighted by atomic mass is 16.5. The van der Waals surface area contributed by atoms with E-state index in [2.05, 4.69) is 15.1 Å². The monoisotopic (exact) mass is 354 g/mol. The van der Waals surface area contributed by atoms with Gasteiger partial charge in [-0.05, 0) is 39.0 Å². The Kier molecular flexibility index (Phi) is 5.27. The van der Waals surface area contributed by atoms with Crippen molar-refractivity contribution >= 4 is 16.8 Å². The molecular formula is C19H22N4O3. The molecule has 0 spiro atoms. The van der Waals surface area contributed by atoms with Gasteiger partial charge in [-0.15, -0.1) is 0 Å². The van der Waals surface area contributed by atoms with Gasteiger partial charge in [0.2, 0.25) is 5.89 Å². The highest BCUT2D eigenvalue weighted by molar-refractivity contribution is 5.98. The van der Waals surface area contributed by atoms with E-state index in [1.807, 2.05) is 45.0 Å². The zero-order valence-electron chi connectivity index (χ0n) is 15.4. The number of benzene rings is 1. The van der Waals surface area contributed by atoms with E-state index in [0.29, 0.717) is 29.5 Å². The number of aromatic nitrogens is 3. The fraction of sp³-hybridized carbons (Fsp3) is 0.368. The molecule has 0 aliphatic heterocycles. The summed E-state index contributed by atoms with van der Waals surface area (Å²) in [5.74, 6) is 0.743. The normalized spacial score (nSPS) is 11.1. The van der Waals surface area contributed by atoms with Crippen LogP contribution in [0, 0.1) is 13.8 Å². The molecule has 0 saturated heterocycles. The average Bonchev–Trinajstić information content (AvgIpc) is 3.06. The Morgan fingerprint density at radius 3 is 2.77 bits per heavy atom. The third kappa shape index (κ3) is 3.72. The molecule has 0 saturated carbocycles. The fourth-order valence-corrected chi connectivity index (χ4v) is 2.81. The molecule has 136 valence electrons. The molecule has 3 aromatic rings. The molecule has 1 aromatic carbocycles. The number of rotatable bonds is 6. The smallest absolute Gasteiger partial charge is 0.256 e. The number of carbonyl (C=O) groups excluding carboxylic acids is 1. The third-order valence-electron chi connectivity index (χ3n) is 4.17. The molecule has 0 aliphatic rings. The van der Waals surface area contributed by atoms with Crippen LogP contribution < -0.4 is 0 Å². The van der Waals surface area contributed by atoms with Crippen molar-refractivity contribution in [2.75, 3.05) is 13.7 Å². The zero-order valence-corrected chi connectivity index (χ0v) is 15.4. The maximum Gasteiger partial charge on any atom is 0.256 e.